The number of hydrogen-bond donors (Lipinski definition) is 0. The molecule has 24 heavy (non-hydrogen) atoms. The zero-order valence-corrected chi connectivity index (χ0v) is 15.2. The van der Waals surface area contributed by atoms with E-state index >= 15 is 0 Å². The van der Waals surface area contributed by atoms with Crippen LogP contribution in [0.15, 0.2) is 47.1 Å². The highest BCUT2D eigenvalue weighted by Crippen LogP contribution is 2.22. The maximum absolute atomic E-state index is 12.8. The predicted octanol–water partition coefficient (Wildman–Crippen LogP) is 3.21. The Morgan fingerprint density at radius 3 is 2.58 bits per heavy atom. The number of pyridine rings is 1. The van der Waals surface area contributed by atoms with E-state index < -0.39 is 0 Å². The van der Waals surface area contributed by atoms with Crippen LogP contribution in [0.3, 0.4) is 0 Å². The Morgan fingerprint density at radius 1 is 1.17 bits per heavy atom. The summed E-state index contributed by atoms with van der Waals surface area (Å²) in [6.45, 7) is 5.38. The average molecular weight is 390 g/mol. The van der Waals surface area contributed by atoms with E-state index in [-0.39, 0.29) is 5.91 Å². The maximum Gasteiger partial charge on any atom is 0.257 e. The monoisotopic (exact) mass is 389 g/mol. The van der Waals surface area contributed by atoms with Crippen molar-refractivity contribution in [3.05, 3.63) is 52.6 Å². The minimum Gasteiger partial charge on any atom is -0.493 e. The molecule has 1 aromatic heterocycles. The second kappa shape index (κ2) is 7.66. The van der Waals surface area contributed by atoms with Crippen LogP contribution in [0.5, 0.6) is 5.75 Å². The summed E-state index contributed by atoms with van der Waals surface area (Å²) in [5.41, 5.74) is 0.634. The number of nitrogens with zero attached hydrogens (tertiary/aromatic N) is 3. The highest BCUT2D eigenvalue weighted by atomic mass is 79.9. The molecule has 1 amide bonds. The van der Waals surface area contributed by atoms with Gasteiger partial charge in [0.25, 0.3) is 5.91 Å². The molecule has 0 radical (unpaired) electrons. The molecule has 0 N–H and O–H groups in total. The van der Waals surface area contributed by atoms with Gasteiger partial charge < -0.3 is 14.5 Å². The van der Waals surface area contributed by atoms with Crippen LogP contribution in [0.1, 0.15) is 17.3 Å². The fourth-order valence-electron chi connectivity index (χ4n) is 2.79. The van der Waals surface area contributed by atoms with Gasteiger partial charge in [0.15, 0.2) is 0 Å². The number of amides is 1. The summed E-state index contributed by atoms with van der Waals surface area (Å²) in [6, 6.07) is 11.4. The van der Waals surface area contributed by atoms with E-state index in [1.54, 1.807) is 6.20 Å². The molecule has 0 bridgehead atoms. The lowest BCUT2D eigenvalue weighted by molar-refractivity contribution is 0.0742. The number of halogens is 1. The van der Waals surface area contributed by atoms with Crippen LogP contribution in [-0.4, -0.2) is 48.6 Å². The van der Waals surface area contributed by atoms with Crippen molar-refractivity contribution in [3.63, 3.8) is 0 Å². The second-order valence-corrected chi connectivity index (χ2v) is 6.46. The van der Waals surface area contributed by atoms with Gasteiger partial charge in [-0.3, -0.25) is 4.79 Å². The first-order chi connectivity index (χ1) is 11.7. The van der Waals surface area contributed by atoms with Gasteiger partial charge >= 0.3 is 0 Å². The molecule has 126 valence electrons. The Labute approximate surface area is 150 Å². The Balaban J connectivity index is 1.66. The van der Waals surface area contributed by atoms with Crippen LogP contribution < -0.4 is 9.64 Å². The largest absolute Gasteiger partial charge is 0.493 e. The van der Waals surface area contributed by atoms with Crippen LogP contribution in [0, 0.1) is 0 Å². The van der Waals surface area contributed by atoms with Gasteiger partial charge in [0.1, 0.15) is 11.6 Å². The van der Waals surface area contributed by atoms with Crippen molar-refractivity contribution < 1.29 is 9.53 Å². The van der Waals surface area contributed by atoms with Gasteiger partial charge in [-0.2, -0.15) is 0 Å². The van der Waals surface area contributed by atoms with Gasteiger partial charge in [-0.15, -0.1) is 0 Å². The molecule has 0 saturated carbocycles. The van der Waals surface area contributed by atoms with Crippen LogP contribution in [0.4, 0.5) is 5.82 Å². The first-order valence-electron chi connectivity index (χ1n) is 8.06. The molecule has 5 nitrogen and oxygen atoms in total. The molecule has 2 heterocycles. The topological polar surface area (TPSA) is 45.7 Å². The molecule has 1 fully saturated rings. The van der Waals surface area contributed by atoms with Crippen molar-refractivity contribution in [1.29, 1.82) is 0 Å². The first-order valence-corrected chi connectivity index (χ1v) is 8.86. The number of carbonyl (C=O) groups excluding carboxylic acids is 1. The number of benzene rings is 1. The van der Waals surface area contributed by atoms with Gasteiger partial charge in [-0.25, -0.2) is 4.98 Å². The molecular formula is C18H20BrN3O2. The Morgan fingerprint density at radius 2 is 1.92 bits per heavy atom. The zero-order chi connectivity index (χ0) is 16.9. The standard InChI is InChI=1S/C18H20BrN3O2/c1-2-24-16-6-4-3-5-15(16)18(23)22-11-9-21(10-12-22)17-8-7-14(19)13-20-17/h3-8,13H,2,9-12H2,1H3. The number of hydrogen-bond acceptors (Lipinski definition) is 4. The molecular weight excluding hydrogens is 370 g/mol. The van der Waals surface area contributed by atoms with Crippen molar-refractivity contribution >= 4 is 27.7 Å². The molecule has 1 saturated heterocycles. The lowest BCUT2D eigenvalue weighted by atomic mass is 10.1. The second-order valence-electron chi connectivity index (χ2n) is 5.54. The van der Waals surface area contributed by atoms with E-state index in [9.17, 15) is 4.79 Å². The lowest BCUT2D eigenvalue weighted by Crippen LogP contribution is -2.49. The van der Waals surface area contributed by atoms with Crippen molar-refractivity contribution in [2.45, 2.75) is 6.92 Å². The predicted molar refractivity (Wildman–Crippen MR) is 97.7 cm³/mol. The first kappa shape index (κ1) is 16.8. The quantitative estimate of drug-likeness (QED) is 0.805. The van der Waals surface area contributed by atoms with Gasteiger partial charge in [-0.05, 0) is 47.1 Å². The summed E-state index contributed by atoms with van der Waals surface area (Å²) in [5.74, 6) is 1.63. The van der Waals surface area contributed by atoms with E-state index in [0.29, 0.717) is 31.0 Å². The third-order valence-corrected chi connectivity index (χ3v) is 4.49. The maximum atomic E-state index is 12.8. The van der Waals surface area contributed by atoms with Gasteiger partial charge in [0.05, 0.1) is 12.2 Å². The van der Waals surface area contributed by atoms with Gasteiger partial charge in [0.2, 0.25) is 0 Å². The number of aromatic nitrogens is 1. The molecule has 6 heteroatoms. The van der Waals surface area contributed by atoms with E-state index in [2.05, 4.69) is 25.8 Å². The molecule has 0 aliphatic carbocycles. The Bertz CT molecular complexity index is 698. The minimum absolute atomic E-state index is 0.0301. The van der Waals surface area contributed by atoms with Crippen molar-refractivity contribution in [2.24, 2.45) is 0 Å². The number of para-hydroxylation sites is 1. The van der Waals surface area contributed by atoms with Gasteiger partial charge in [0, 0.05) is 36.8 Å². The molecule has 1 aliphatic heterocycles. The third-order valence-electron chi connectivity index (χ3n) is 4.02. The van der Waals surface area contributed by atoms with E-state index in [1.807, 2.05) is 48.2 Å². The van der Waals surface area contributed by atoms with Crippen LogP contribution in [0.2, 0.25) is 0 Å². The van der Waals surface area contributed by atoms with E-state index in [1.165, 1.54) is 0 Å². The van der Waals surface area contributed by atoms with Crippen molar-refractivity contribution in [2.75, 3.05) is 37.7 Å². The SMILES string of the molecule is CCOc1ccccc1C(=O)N1CCN(c2ccc(Br)cn2)CC1. The van der Waals surface area contributed by atoms with Crippen molar-refractivity contribution in [1.82, 2.24) is 9.88 Å². The third kappa shape index (κ3) is 3.70. The average Bonchev–Trinajstić information content (AvgIpc) is 2.63. The summed E-state index contributed by atoms with van der Waals surface area (Å²) in [5, 5.41) is 0. The molecule has 0 spiro atoms. The van der Waals surface area contributed by atoms with Gasteiger partial charge in [-0.1, -0.05) is 12.1 Å². The minimum atomic E-state index is 0.0301. The Kier molecular flexibility index (Phi) is 5.35. The van der Waals surface area contributed by atoms with Crippen LogP contribution in [-0.2, 0) is 0 Å². The summed E-state index contributed by atoms with van der Waals surface area (Å²) < 4.78 is 6.54. The Hall–Kier alpha value is -2.08. The fourth-order valence-corrected chi connectivity index (χ4v) is 3.02. The normalized spacial score (nSPS) is 14.6. The van der Waals surface area contributed by atoms with E-state index in [0.717, 1.165) is 23.4 Å². The van der Waals surface area contributed by atoms with E-state index in [4.69, 9.17) is 4.74 Å². The van der Waals surface area contributed by atoms with Crippen LogP contribution in [0.25, 0.3) is 0 Å². The van der Waals surface area contributed by atoms with Crippen LogP contribution >= 0.6 is 15.9 Å². The number of anilines is 1. The number of ether oxygens (including phenoxy) is 1. The number of rotatable bonds is 4. The smallest absolute Gasteiger partial charge is 0.257 e. The summed E-state index contributed by atoms with van der Waals surface area (Å²) in [7, 11) is 0. The number of carbonyl (C=O) groups is 1. The highest BCUT2D eigenvalue weighted by molar-refractivity contribution is 9.10. The highest BCUT2D eigenvalue weighted by Gasteiger charge is 2.24. The molecule has 2 aromatic rings. The van der Waals surface area contributed by atoms with Crippen molar-refractivity contribution in [3.8, 4) is 5.75 Å². The summed E-state index contributed by atoms with van der Waals surface area (Å²) in [4.78, 5) is 21.3. The molecule has 0 atom stereocenters. The fraction of sp³-hybridized carbons (Fsp3) is 0.333. The zero-order valence-electron chi connectivity index (χ0n) is 13.6. The molecule has 1 aliphatic rings. The molecule has 0 unspecified atom stereocenters. The molecule has 1 aromatic carbocycles. The molecule has 3 rings (SSSR count). The summed E-state index contributed by atoms with van der Waals surface area (Å²) in [6.07, 6.45) is 1.80. The summed E-state index contributed by atoms with van der Waals surface area (Å²) >= 11 is 3.40. The lowest BCUT2D eigenvalue weighted by Gasteiger charge is -2.35. The number of piperazine rings is 1.